The van der Waals surface area contributed by atoms with Crippen molar-refractivity contribution in [2.45, 2.75) is 10.0 Å². The molecule has 0 bridgehead atoms. The summed E-state index contributed by atoms with van der Waals surface area (Å²) in [7, 11) is 12.8. The molecule has 2 N–H and O–H groups in total. The number of benzene rings is 2. The van der Waals surface area contributed by atoms with E-state index in [4.69, 9.17) is 49.8 Å². The molecule has 0 aliphatic carbocycles. The maximum atomic E-state index is 12.8. The van der Waals surface area contributed by atoms with E-state index in [9.17, 15) is 13.2 Å². The molecule has 1 atom stereocenters. The summed E-state index contributed by atoms with van der Waals surface area (Å²) < 4.78 is 33.0. The molecule has 2 aromatic rings. The fourth-order valence-electron chi connectivity index (χ4n) is 2.59. The van der Waals surface area contributed by atoms with Crippen LogP contribution in [0.2, 0.25) is 5.02 Å². The SMILES string of the molecule is [B]C([B])(c1ccccc1)S(=O)(=O)OC1=C(N)O[C@]([B])(c2ccccc2Cl)C1=O. The van der Waals surface area contributed by atoms with Gasteiger partial charge >= 0.3 is 10.1 Å². The van der Waals surface area contributed by atoms with Crippen molar-refractivity contribution in [2.75, 3.05) is 0 Å². The van der Waals surface area contributed by atoms with Crippen molar-refractivity contribution in [3.63, 3.8) is 0 Å². The molecule has 28 heavy (non-hydrogen) atoms. The molecule has 6 nitrogen and oxygen atoms in total. The van der Waals surface area contributed by atoms with Crippen LogP contribution in [0.25, 0.3) is 0 Å². The number of carbonyl (C=O) groups is 1. The van der Waals surface area contributed by atoms with Crippen molar-refractivity contribution in [1.82, 2.24) is 0 Å². The minimum absolute atomic E-state index is 0.0330. The van der Waals surface area contributed by atoms with Crippen molar-refractivity contribution < 1.29 is 22.1 Å². The van der Waals surface area contributed by atoms with Gasteiger partial charge in [-0.3, -0.25) is 4.79 Å². The van der Waals surface area contributed by atoms with Crippen LogP contribution in [0.1, 0.15) is 11.1 Å². The van der Waals surface area contributed by atoms with Gasteiger partial charge in [-0.2, -0.15) is 8.42 Å². The monoisotopic (exact) mass is 409 g/mol. The van der Waals surface area contributed by atoms with Crippen molar-refractivity contribution in [3.05, 3.63) is 82.4 Å². The molecule has 3 rings (SSSR count). The number of ketones is 1. The van der Waals surface area contributed by atoms with E-state index in [-0.39, 0.29) is 16.1 Å². The first-order chi connectivity index (χ1) is 13.0. The largest absolute Gasteiger partial charge is 0.467 e. The van der Waals surface area contributed by atoms with Crippen LogP contribution in [0.3, 0.4) is 0 Å². The van der Waals surface area contributed by atoms with E-state index >= 15 is 0 Å². The first kappa shape index (κ1) is 20.4. The van der Waals surface area contributed by atoms with E-state index in [0.29, 0.717) is 0 Å². The van der Waals surface area contributed by atoms with Crippen molar-refractivity contribution in [3.8, 4) is 0 Å². The smallest absolute Gasteiger partial charge is 0.302 e. The molecule has 0 aromatic heterocycles. The molecule has 0 unspecified atom stereocenters. The van der Waals surface area contributed by atoms with Crippen LogP contribution in [0.15, 0.2) is 66.2 Å². The first-order valence-corrected chi connectivity index (χ1v) is 9.64. The van der Waals surface area contributed by atoms with E-state index in [2.05, 4.69) is 0 Å². The Hall–Kier alpha value is -2.32. The van der Waals surface area contributed by atoms with Crippen molar-refractivity contribution in [2.24, 2.45) is 5.73 Å². The van der Waals surface area contributed by atoms with Gasteiger partial charge in [0.25, 0.3) is 0 Å². The Labute approximate surface area is 171 Å². The highest BCUT2D eigenvalue weighted by atomic mass is 35.5. The van der Waals surface area contributed by atoms with E-state index in [1.165, 1.54) is 24.3 Å². The Kier molecular flexibility index (Phi) is 5.06. The van der Waals surface area contributed by atoms with Gasteiger partial charge in [0, 0.05) is 10.6 Å². The summed E-state index contributed by atoms with van der Waals surface area (Å²) in [5, 5.41) is 0.117. The maximum absolute atomic E-state index is 12.8. The number of nitrogens with two attached hydrogens (primary N) is 1. The highest BCUT2D eigenvalue weighted by Gasteiger charge is 2.51. The number of halogens is 1. The van der Waals surface area contributed by atoms with Gasteiger partial charge in [0.05, 0.1) is 20.2 Å². The summed E-state index contributed by atoms with van der Waals surface area (Å²) in [6.45, 7) is 0. The molecule has 6 radical (unpaired) electrons. The molecular weight excluding hydrogens is 398 g/mol. The molecule has 0 amide bonds. The lowest BCUT2D eigenvalue weighted by Crippen LogP contribution is -2.40. The molecule has 0 saturated carbocycles. The topological polar surface area (TPSA) is 95.7 Å². The Balaban J connectivity index is 1.96. The number of hydrogen-bond acceptors (Lipinski definition) is 6. The second kappa shape index (κ2) is 6.94. The van der Waals surface area contributed by atoms with Gasteiger partial charge < -0.3 is 14.7 Å². The molecule has 1 aliphatic heterocycles. The standard InChI is InChI=1S/C17H11B3ClNO5S/c18-16(11-8-4-5-9-12(11)21)14(23)13(15(22)26-16)27-28(24,25)17(19,20)10-6-2-1-3-7-10/h1-9H,22H2/t16-/m1/s1. The molecule has 136 valence electrons. The van der Waals surface area contributed by atoms with Gasteiger partial charge in [-0.1, -0.05) is 60.1 Å². The molecule has 0 saturated heterocycles. The van der Waals surface area contributed by atoms with Crippen molar-refractivity contribution in [1.29, 1.82) is 0 Å². The van der Waals surface area contributed by atoms with E-state index in [1.54, 1.807) is 30.3 Å². The molecular formula is C17H11B3ClNO5S. The lowest BCUT2D eigenvalue weighted by molar-refractivity contribution is -0.126. The van der Waals surface area contributed by atoms with Gasteiger partial charge in [-0.25, -0.2) is 0 Å². The predicted octanol–water partition coefficient (Wildman–Crippen LogP) is 0.882. The van der Waals surface area contributed by atoms with Crippen LogP contribution in [0.5, 0.6) is 0 Å². The lowest BCUT2D eigenvalue weighted by atomic mass is 9.65. The lowest BCUT2D eigenvalue weighted by Gasteiger charge is -2.26. The van der Waals surface area contributed by atoms with Crippen LogP contribution >= 0.6 is 11.6 Å². The zero-order valence-corrected chi connectivity index (χ0v) is 15.9. The fourth-order valence-corrected chi connectivity index (χ4v) is 3.80. The van der Waals surface area contributed by atoms with Gasteiger partial charge in [0.2, 0.25) is 17.4 Å². The third-order valence-electron chi connectivity index (χ3n) is 4.14. The molecule has 11 heteroatoms. The van der Waals surface area contributed by atoms with Crippen LogP contribution in [-0.2, 0) is 33.9 Å². The fraction of sp³-hybridized carbons (Fsp3) is 0.118. The predicted molar refractivity (Wildman–Crippen MR) is 106 cm³/mol. The van der Waals surface area contributed by atoms with Crippen LogP contribution in [0, 0.1) is 0 Å². The van der Waals surface area contributed by atoms with Gasteiger partial charge in [0.1, 0.15) is 7.85 Å². The Bertz CT molecular complexity index is 1080. The maximum Gasteiger partial charge on any atom is 0.302 e. The Morgan fingerprint density at radius 3 is 2.25 bits per heavy atom. The summed E-state index contributed by atoms with van der Waals surface area (Å²) in [6.07, 6.45) is 0. The highest BCUT2D eigenvalue weighted by molar-refractivity contribution is 7.90. The average Bonchev–Trinajstić information content (AvgIpc) is 2.86. The number of hydrogen-bond donors (Lipinski definition) is 1. The summed E-state index contributed by atoms with van der Waals surface area (Å²) >= 11 is 6.07. The van der Waals surface area contributed by atoms with Gasteiger partial charge in [0.15, 0.2) is 5.50 Å². The molecule has 1 aliphatic rings. The Morgan fingerprint density at radius 2 is 1.64 bits per heavy atom. The minimum atomic E-state index is -4.78. The van der Waals surface area contributed by atoms with Gasteiger partial charge in [-0.15, -0.1) is 0 Å². The second-order valence-electron chi connectivity index (χ2n) is 6.04. The third kappa shape index (κ3) is 3.20. The second-order valence-corrected chi connectivity index (χ2v) is 8.19. The van der Waals surface area contributed by atoms with Crippen LogP contribution in [0.4, 0.5) is 0 Å². The quantitative estimate of drug-likeness (QED) is 0.582. The molecule has 0 spiro atoms. The number of rotatable bonds is 5. The van der Waals surface area contributed by atoms with E-state index in [1.807, 2.05) is 0 Å². The van der Waals surface area contributed by atoms with Crippen LogP contribution < -0.4 is 5.73 Å². The summed E-state index contributed by atoms with van der Waals surface area (Å²) in [4.78, 5) is 12.8. The van der Waals surface area contributed by atoms with Crippen molar-refractivity contribution >= 4 is 51.0 Å². The minimum Gasteiger partial charge on any atom is -0.467 e. The van der Waals surface area contributed by atoms with E-state index in [0.717, 1.165) is 0 Å². The molecule has 1 heterocycles. The average molecular weight is 409 g/mol. The zero-order chi connectivity index (χ0) is 20.7. The number of ether oxygens (including phenoxy) is 1. The molecule has 0 fully saturated rings. The number of Topliss-reactive ketones (excluding diaryl/α,β-unsaturated/α-hetero) is 1. The third-order valence-corrected chi connectivity index (χ3v) is 5.92. The highest BCUT2D eigenvalue weighted by Crippen LogP contribution is 2.40. The Morgan fingerprint density at radius 1 is 1.07 bits per heavy atom. The summed E-state index contributed by atoms with van der Waals surface area (Å²) in [5.41, 5.74) is 3.62. The zero-order valence-electron chi connectivity index (χ0n) is 14.3. The van der Waals surface area contributed by atoms with Crippen LogP contribution in [-0.4, -0.2) is 37.7 Å². The summed E-state index contributed by atoms with van der Waals surface area (Å²) in [5.74, 6) is -2.52. The number of carbonyl (C=O) groups excluding carboxylic acids is 1. The van der Waals surface area contributed by atoms with Gasteiger partial charge in [-0.05, 0) is 11.6 Å². The van der Waals surface area contributed by atoms with E-state index < -0.39 is 37.6 Å². The first-order valence-electron chi connectivity index (χ1n) is 7.85. The molecule has 2 aromatic carbocycles. The normalized spacial score (nSPS) is 20.1. The summed E-state index contributed by atoms with van der Waals surface area (Å²) in [6, 6.07) is 13.6.